The van der Waals surface area contributed by atoms with E-state index < -0.39 is 16.1 Å². The van der Waals surface area contributed by atoms with E-state index in [0.717, 1.165) is 11.1 Å². The molecule has 2 aromatic rings. The first-order valence-electron chi connectivity index (χ1n) is 6.04. The lowest BCUT2D eigenvalue weighted by Gasteiger charge is -1.95. The molecular formula is C15H16O5S. The molecule has 0 bridgehead atoms. The zero-order chi connectivity index (χ0) is 16.0. The van der Waals surface area contributed by atoms with Crippen LogP contribution in [0.4, 0.5) is 0 Å². The largest absolute Gasteiger partial charge is 0.478 e. The fourth-order valence-electron chi connectivity index (χ4n) is 1.41. The normalized spacial score (nSPS) is 10.4. The third-order valence-corrected chi connectivity index (χ3v) is 3.49. The first kappa shape index (κ1) is 16.9. The number of hydrogen-bond acceptors (Lipinski definition) is 3. The molecule has 2 aromatic carbocycles. The Kier molecular flexibility index (Phi) is 5.63. The molecule has 2 N–H and O–H groups in total. The van der Waals surface area contributed by atoms with E-state index in [1.165, 1.54) is 12.1 Å². The molecule has 0 fully saturated rings. The van der Waals surface area contributed by atoms with Crippen molar-refractivity contribution in [3.8, 4) is 0 Å². The van der Waals surface area contributed by atoms with Gasteiger partial charge in [0.05, 0.1) is 10.5 Å². The zero-order valence-electron chi connectivity index (χ0n) is 11.6. The van der Waals surface area contributed by atoms with Gasteiger partial charge in [-0.25, -0.2) is 4.79 Å². The Hall–Kier alpha value is -2.18. The van der Waals surface area contributed by atoms with Crippen LogP contribution in [0.25, 0.3) is 0 Å². The van der Waals surface area contributed by atoms with Crippen molar-refractivity contribution in [2.75, 3.05) is 0 Å². The molecule has 21 heavy (non-hydrogen) atoms. The lowest BCUT2D eigenvalue weighted by molar-refractivity contribution is 0.0697. The minimum atomic E-state index is -4.02. The van der Waals surface area contributed by atoms with Crippen molar-refractivity contribution in [1.29, 1.82) is 0 Å². The third-order valence-electron chi connectivity index (χ3n) is 2.62. The topological polar surface area (TPSA) is 91.7 Å². The summed E-state index contributed by atoms with van der Waals surface area (Å²) in [4.78, 5) is 10.2. The molecule has 0 aliphatic rings. The molecule has 0 amide bonds. The molecule has 0 aliphatic heterocycles. The van der Waals surface area contributed by atoms with Gasteiger partial charge in [0.25, 0.3) is 10.1 Å². The van der Waals surface area contributed by atoms with E-state index in [1.54, 1.807) is 36.4 Å². The van der Waals surface area contributed by atoms with Gasteiger partial charge in [-0.2, -0.15) is 8.42 Å². The summed E-state index contributed by atoms with van der Waals surface area (Å²) in [5.41, 5.74) is 2.37. The summed E-state index contributed by atoms with van der Waals surface area (Å²) in [7, 11) is -4.02. The second-order valence-corrected chi connectivity index (χ2v) is 5.88. The fourth-order valence-corrected chi connectivity index (χ4v) is 1.89. The summed E-state index contributed by atoms with van der Waals surface area (Å²) in [6.07, 6.45) is 0. The predicted octanol–water partition coefficient (Wildman–Crippen LogP) is 2.93. The first-order chi connectivity index (χ1) is 9.70. The van der Waals surface area contributed by atoms with Crippen LogP contribution < -0.4 is 0 Å². The number of carboxylic acids is 1. The summed E-state index contributed by atoms with van der Waals surface area (Å²) < 4.78 is 29.6. The van der Waals surface area contributed by atoms with Crippen molar-refractivity contribution in [2.24, 2.45) is 0 Å². The van der Waals surface area contributed by atoms with Crippen molar-refractivity contribution < 1.29 is 22.9 Å². The quantitative estimate of drug-likeness (QED) is 0.832. The molecule has 0 aromatic heterocycles. The lowest BCUT2D eigenvalue weighted by Crippen LogP contribution is -1.96. The van der Waals surface area contributed by atoms with Crippen LogP contribution in [0.1, 0.15) is 21.5 Å². The Labute approximate surface area is 123 Å². The van der Waals surface area contributed by atoms with Gasteiger partial charge in [-0.05, 0) is 38.1 Å². The summed E-state index contributed by atoms with van der Waals surface area (Å²) in [6.45, 7) is 3.76. The minimum Gasteiger partial charge on any atom is -0.478 e. The van der Waals surface area contributed by atoms with Gasteiger partial charge in [-0.1, -0.05) is 35.4 Å². The molecule has 0 spiro atoms. The van der Waals surface area contributed by atoms with Gasteiger partial charge >= 0.3 is 5.97 Å². The molecule has 0 atom stereocenters. The van der Waals surface area contributed by atoms with Crippen LogP contribution >= 0.6 is 0 Å². The Morgan fingerprint density at radius 2 is 1.24 bits per heavy atom. The SMILES string of the molecule is Cc1ccc(C(=O)O)cc1.Cc1ccc(S(=O)(=O)O)cc1. The van der Waals surface area contributed by atoms with Crippen LogP contribution in [0.3, 0.4) is 0 Å². The maximum absolute atomic E-state index is 10.5. The van der Waals surface area contributed by atoms with Crippen LogP contribution in [-0.2, 0) is 10.1 Å². The third kappa shape index (κ3) is 5.76. The average molecular weight is 308 g/mol. The summed E-state index contributed by atoms with van der Waals surface area (Å²) in [6, 6.07) is 12.7. The molecule has 5 nitrogen and oxygen atoms in total. The van der Waals surface area contributed by atoms with Crippen molar-refractivity contribution in [2.45, 2.75) is 18.7 Å². The van der Waals surface area contributed by atoms with Crippen molar-refractivity contribution in [3.05, 3.63) is 65.2 Å². The molecule has 0 saturated heterocycles. The van der Waals surface area contributed by atoms with Crippen LogP contribution in [-0.4, -0.2) is 24.0 Å². The average Bonchev–Trinajstić information content (AvgIpc) is 2.39. The number of carboxylic acid groups (broad SMARTS) is 1. The Morgan fingerprint density at radius 1 is 0.857 bits per heavy atom. The maximum Gasteiger partial charge on any atom is 0.335 e. The Morgan fingerprint density at radius 3 is 1.57 bits per heavy atom. The van der Waals surface area contributed by atoms with E-state index in [1.807, 2.05) is 13.8 Å². The van der Waals surface area contributed by atoms with Gasteiger partial charge in [-0.3, -0.25) is 4.55 Å². The van der Waals surface area contributed by atoms with E-state index in [2.05, 4.69) is 0 Å². The smallest absolute Gasteiger partial charge is 0.335 e. The van der Waals surface area contributed by atoms with Crippen molar-refractivity contribution >= 4 is 16.1 Å². The van der Waals surface area contributed by atoms with Crippen LogP contribution in [0.15, 0.2) is 53.4 Å². The molecule has 0 aliphatic carbocycles. The number of rotatable bonds is 2. The highest BCUT2D eigenvalue weighted by Gasteiger charge is 2.06. The highest BCUT2D eigenvalue weighted by atomic mass is 32.2. The fraction of sp³-hybridized carbons (Fsp3) is 0.133. The molecule has 112 valence electrons. The second-order valence-electron chi connectivity index (χ2n) is 4.46. The van der Waals surface area contributed by atoms with Gasteiger partial charge in [-0.15, -0.1) is 0 Å². The minimum absolute atomic E-state index is 0.0666. The number of hydrogen-bond donors (Lipinski definition) is 2. The molecule has 0 unspecified atom stereocenters. The first-order valence-corrected chi connectivity index (χ1v) is 7.48. The maximum atomic E-state index is 10.5. The molecule has 0 saturated carbocycles. The Bertz CT molecular complexity index is 701. The van der Waals surface area contributed by atoms with Crippen LogP contribution in [0.5, 0.6) is 0 Å². The standard InChI is InChI=1S/C8H8O2.C7H8O3S/c1-6-2-4-7(5-3-6)8(9)10;1-6-2-4-7(5-3-6)11(8,9)10/h2-5H,1H3,(H,9,10);2-5H,1H3,(H,8,9,10). The van der Waals surface area contributed by atoms with E-state index in [-0.39, 0.29) is 4.90 Å². The number of carbonyl (C=O) groups is 1. The molecule has 0 heterocycles. The van der Waals surface area contributed by atoms with E-state index in [9.17, 15) is 13.2 Å². The highest BCUT2D eigenvalue weighted by molar-refractivity contribution is 7.85. The summed E-state index contributed by atoms with van der Waals surface area (Å²) in [5.74, 6) is -0.875. The summed E-state index contributed by atoms with van der Waals surface area (Å²) >= 11 is 0. The molecule has 6 heteroatoms. The van der Waals surface area contributed by atoms with Crippen molar-refractivity contribution in [1.82, 2.24) is 0 Å². The summed E-state index contributed by atoms with van der Waals surface area (Å²) in [5, 5.41) is 8.48. The Balaban J connectivity index is 0.000000211. The van der Waals surface area contributed by atoms with Gasteiger partial charge < -0.3 is 5.11 Å². The number of aromatic carboxylic acids is 1. The second kappa shape index (κ2) is 7.01. The monoisotopic (exact) mass is 308 g/mol. The van der Waals surface area contributed by atoms with Gasteiger partial charge in [0.1, 0.15) is 0 Å². The van der Waals surface area contributed by atoms with E-state index in [0.29, 0.717) is 5.56 Å². The van der Waals surface area contributed by atoms with E-state index >= 15 is 0 Å². The van der Waals surface area contributed by atoms with E-state index in [4.69, 9.17) is 9.66 Å². The number of aryl methyl sites for hydroxylation is 2. The number of benzene rings is 2. The van der Waals surface area contributed by atoms with Crippen LogP contribution in [0.2, 0.25) is 0 Å². The van der Waals surface area contributed by atoms with Crippen molar-refractivity contribution in [3.63, 3.8) is 0 Å². The van der Waals surface area contributed by atoms with Gasteiger partial charge in [0, 0.05) is 0 Å². The zero-order valence-corrected chi connectivity index (χ0v) is 12.5. The predicted molar refractivity (Wildman–Crippen MR) is 79.1 cm³/mol. The van der Waals surface area contributed by atoms with Crippen LogP contribution in [0, 0.1) is 13.8 Å². The molecule has 2 rings (SSSR count). The lowest BCUT2D eigenvalue weighted by atomic mass is 10.2. The van der Waals surface area contributed by atoms with Gasteiger partial charge in [0.2, 0.25) is 0 Å². The highest BCUT2D eigenvalue weighted by Crippen LogP contribution is 2.08. The molecular weight excluding hydrogens is 292 g/mol. The van der Waals surface area contributed by atoms with Gasteiger partial charge in [0.15, 0.2) is 0 Å². The molecule has 0 radical (unpaired) electrons.